The number of aryl methyl sites for hydroxylation is 1. The van der Waals surface area contributed by atoms with E-state index in [1.54, 1.807) is 63.5 Å². The Balaban J connectivity index is 1.89. The summed E-state index contributed by atoms with van der Waals surface area (Å²) in [5, 5.41) is 2.62. The minimum atomic E-state index is -0.542. The SMILES string of the molecule is Cc1ccccc1C(=O)OCC(=O)Nc1ccc(C(=O)N(C)C)cc1. The second-order valence-corrected chi connectivity index (χ2v) is 5.72. The first kappa shape index (κ1) is 18.2. The van der Waals surface area contributed by atoms with E-state index in [0.29, 0.717) is 16.8 Å². The van der Waals surface area contributed by atoms with Gasteiger partial charge in [0.05, 0.1) is 5.56 Å². The van der Waals surface area contributed by atoms with E-state index < -0.39 is 11.9 Å². The Labute approximate surface area is 146 Å². The highest BCUT2D eigenvalue weighted by molar-refractivity contribution is 5.97. The number of anilines is 1. The summed E-state index contributed by atoms with van der Waals surface area (Å²) in [6.07, 6.45) is 0. The van der Waals surface area contributed by atoms with Gasteiger partial charge in [0.1, 0.15) is 0 Å². The Morgan fingerprint density at radius 2 is 1.64 bits per heavy atom. The molecule has 0 unspecified atom stereocenters. The largest absolute Gasteiger partial charge is 0.452 e. The molecule has 6 heteroatoms. The van der Waals surface area contributed by atoms with Crippen LogP contribution in [0.1, 0.15) is 26.3 Å². The number of ether oxygens (including phenoxy) is 1. The third-order valence-corrected chi connectivity index (χ3v) is 3.52. The van der Waals surface area contributed by atoms with Gasteiger partial charge in [-0.1, -0.05) is 18.2 Å². The van der Waals surface area contributed by atoms with E-state index in [9.17, 15) is 14.4 Å². The molecule has 0 aliphatic heterocycles. The number of carbonyl (C=O) groups excluding carboxylic acids is 3. The Hall–Kier alpha value is -3.15. The fourth-order valence-corrected chi connectivity index (χ4v) is 2.16. The van der Waals surface area contributed by atoms with Gasteiger partial charge in [0.2, 0.25) is 0 Å². The Morgan fingerprint density at radius 1 is 1.00 bits per heavy atom. The van der Waals surface area contributed by atoms with Crippen molar-refractivity contribution >= 4 is 23.5 Å². The third-order valence-electron chi connectivity index (χ3n) is 3.52. The molecule has 0 radical (unpaired) electrons. The molecule has 2 rings (SSSR count). The van der Waals surface area contributed by atoms with Crippen LogP contribution >= 0.6 is 0 Å². The third kappa shape index (κ3) is 4.91. The van der Waals surface area contributed by atoms with Crippen LogP contribution in [0.5, 0.6) is 0 Å². The first-order valence-corrected chi connectivity index (χ1v) is 7.73. The van der Waals surface area contributed by atoms with E-state index >= 15 is 0 Å². The second kappa shape index (κ2) is 8.10. The molecule has 0 bridgehead atoms. The quantitative estimate of drug-likeness (QED) is 0.849. The molecule has 0 heterocycles. The zero-order valence-corrected chi connectivity index (χ0v) is 14.4. The topological polar surface area (TPSA) is 75.7 Å². The Bertz CT molecular complexity index is 782. The number of carbonyl (C=O) groups is 3. The molecule has 130 valence electrons. The maximum absolute atomic E-state index is 12.0. The van der Waals surface area contributed by atoms with Crippen molar-refractivity contribution in [3.63, 3.8) is 0 Å². The lowest BCUT2D eigenvalue weighted by Crippen LogP contribution is -2.22. The maximum Gasteiger partial charge on any atom is 0.338 e. The maximum atomic E-state index is 12.0. The number of rotatable bonds is 5. The average molecular weight is 340 g/mol. The highest BCUT2D eigenvalue weighted by atomic mass is 16.5. The zero-order chi connectivity index (χ0) is 18.4. The van der Waals surface area contributed by atoms with Gasteiger partial charge in [-0.3, -0.25) is 9.59 Å². The highest BCUT2D eigenvalue weighted by Gasteiger charge is 2.13. The van der Waals surface area contributed by atoms with E-state index in [4.69, 9.17) is 4.74 Å². The number of esters is 1. The zero-order valence-electron chi connectivity index (χ0n) is 14.4. The molecule has 0 spiro atoms. The Kier molecular flexibility index (Phi) is 5.89. The minimum absolute atomic E-state index is 0.120. The first-order valence-electron chi connectivity index (χ1n) is 7.73. The van der Waals surface area contributed by atoms with Crippen molar-refractivity contribution < 1.29 is 19.1 Å². The van der Waals surface area contributed by atoms with Gasteiger partial charge in [0.25, 0.3) is 11.8 Å². The molecule has 2 aromatic rings. The molecular formula is C19H20N2O4. The fraction of sp³-hybridized carbons (Fsp3) is 0.211. The van der Waals surface area contributed by atoms with Gasteiger partial charge in [0, 0.05) is 25.3 Å². The van der Waals surface area contributed by atoms with Crippen LogP contribution in [0.15, 0.2) is 48.5 Å². The van der Waals surface area contributed by atoms with Gasteiger partial charge in [-0.2, -0.15) is 0 Å². The number of benzene rings is 2. The first-order chi connectivity index (χ1) is 11.9. The van der Waals surface area contributed by atoms with E-state index in [2.05, 4.69) is 5.32 Å². The van der Waals surface area contributed by atoms with E-state index in [1.807, 2.05) is 6.07 Å². The lowest BCUT2D eigenvalue weighted by atomic mass is 10.1. The molecule has 0 aromatic heterocycles. The van der Waals surface area contributed by atoms with Crippen LogP contribution in [0, 0.1) is 6.92 Å². The molecule has 2 amide bonds. The molecule has 0 saturated heterocycles. The molecule has 25 heavy (non-hydrogen) atoms. The van der Waals surface area contributed by atoms with Crippen LogP contribution in [0.3, 0.4) is 0 Å². The van der Waals surface area contributed by atoms with Gasteiger partial charge in [-0.15, -0.1) is 0 Å². The van der Waals surface area contributed by atoms with Gasteiger partial charge in [0.15, 0.2) is 6.61 Å². The summed E-state index contributed by atoms with van der Waals surface area (Å²) in [6, 6.07) is 13.5. The van der Waals surface area contributed by atoms with Crippen LogP contribution in [0.25, 0.3) is 0 Å². The summed E-state index contributed by atoms with van der Waals surface area (Å²) in [6.45, 7) is 1.42. The molecule has 6 nitrogen and oxygen atoms in total. The molecule has 0 fully saturated rings. The highest BCUT2D eigenvalue weighted by Crippen LogP contribution is 2.11. The normalized spacial score (nSPS) is 10.0. The Morgan fingerprint density at radius 3 is 2.24 bits per heavy atom. The summed E-state index contributed by atoms with van der Waals surface area (Å²) in [5.74, 6) is -1.11. The average Bonchev–Trinajstić information content (AvgIpc) is 2.60. The van der Waals surface area contributed by atoms with Crippen LogP contribution in [0.4, 0.5) is 5.69 Å². The minimum Gasteiger partial charge on any atom is -0.452 e. The lowest BCUT2D eigenvalue weighted by Gasteiger charge is -2.11. The van der Waals surface area contributed by atoms with E-state index in [-0.39, 0.29) is 12.5 Å². The molecule has 0 aliphatic carbocycles. The van der Waals surface area contributed by atoms with Crippen LogP contribution in [0.2, 0.25) is 0 Å². The van der Waals surface area contributed by atoms with Crippen molar-refractivity contribution in [1.29, 1.82) is 0 Å². The van der Waals surface area contributed by atoms with E-state index in [1.165, 1.54) is 4.90 Å². The van der Waals surface area contributed by atoms with Crippen molar-refractivity contribution in [3.8, 4) is 0 Å². The van der Waals surface area contributed by atoms with Gasteiger partial charge in [-0.25, -0.2) is 4.79 Å². The van der Waals surface area contributed by atoms with Crippen molar-refractivity contribution in [2.75, 3.05) is 26.0 Å². The second-order valence-electron chi connectivity index (χ2n) is 5.72. The van der Waals surface area contributed by atoms with Gasteiger partial charge >= 0.3 is 5.97 Å². The van der Waals surface area contributed by atoms with Crippen molar-refractivity contribution in [1.82, 2.24) is 4.90 Å². The number of nitrogens with one attached hydrogen (secondary N) is 1. The van der Waals surface area contributed by atoms with Crippen molar-refractivity contribution in [2.24, 2.45) is 0 Å². The number of nitrogens with zero attached hydrogens (tertiary/aromatic N) is 1. The lowest BCUT2D eigenvalue weighted by molar-refractivity contribution is -0.119. The smallest absolute Gasteiger partial charge is 0.338 e. The van der Waals surface area contributed by atoms with Crippen molar-refractivity contribution in [3.05, 3.63) is 65.2 Å². The van der Waals surface area contributed by atoms with Crippen LogP contribution < -0.4 is 5.32 Å². The number of amides is 2. The number of hydrogen-bond acceptors (Lipinski definition) is 4. The molecule has 0 aliphatic rings. The standard InChI is InChI=1S/C19H20N2O4/c1-13-6-4-5-7-16(13)19(24)25-12-17(22)20-15-10-8-14(9-11-15)18(23)21(2)3/h4-11H,12H2,1-3H3,(H,20,22). The van der Waals surface area contributed by atoms with Crippen LogP contribution in [-0.4, -0.2) is 43.4 Å². The molecular weight excluding hydrogens is 320 g/mol. The summed E-state index contributed by atoms with van der Waals surface area (Å²) in [5.41, 5.74) is 2.26. The predicted octanol–water partition coefficient (Wildman–Crippen LogP) is 2.49. The molecule has 1 N–H and O–H groups in total. The van der Waals surface area contributed by atoms with Crippen LogP contribution in [-0.2, 0) is 9.53 Å². The predicted molar refractivity (Wildman–Crippen MR) is 94.6 cm³/mol. The van der Waals surface area contributed by atoms with Crippen molar-refractivity contribution in [2.45, 2.75) is 6.92 Å². The summed E-state index contributed by atoms with van der Waals surface area (Å²) in [7, 11) is 3.33. The fourth-order valence-electron chi connectivity index (χ4n) is 2.16. The summed E-state index contributed by atoms with van der Waals surface area (Å²) < 4.78 is 5.02. The van der Waals surface area contributed by atoms with E-state index in [0.717, 1.165) is 5.56 Å². The number of hydrogen-bond donors (Lipinski definition) is 1. The summed E-state index contributed by atoms with van der Waals surface area (Å²) in [4.78, 5) is 37.1. The summed E-state index contributed by atoms with van der Waals surface area (Å²) >= 11 is 0. The van der Waals surface area contributed by atoms with Gasteiger partial charge in [-0.05, 0) is 42.8 Å². The molecule has 0 atom stereocenters. The monoisotopic (exact) mass is 340 g/mol. The molecule has 2 aromatic carbocycles. The van der Waals surface area contributed by atoms with Gasteiger partial charge < -0.3 is 15.0 Å². The molecule has 0 saturated carbocycles.